The third-order valence-electron chi connectivity index (χ3n) is 6.97. The number of halogens is 2. The molecule has 1 aliphatic heterocycles. The highest BCUT2D eigenvalue weighted by Gasteiger charge is 2.36. The number of allylic oxidation sites excluding steroid dienone is 4. The molecule has 2 heterocycles. The zero-order chi connectivity index (χ0) is 25.0. The second-order valence-corrected chi connectivity index (χ2v) is 11.7. The van der Waals surface area contributed by atoms with Crippen molar-refractivity contribution in [3.05, 3.63) is 66.3 Å². The van der Waals surface area contributed by atoms with E-state index in [-0.39, 0.29) is 12.5 Å². The van der Waals surface area contributed by atoms with Gasteiger partial charge in [-0.05, 0) is 72.9 Å². The van der Waals surface area contributed by atoms with E-state index in [4.69, 9.17) is 0 Å². The lowest BCUT2D eigenvalue weighted by atomic mass is 9.94. The lowest BCUT2D eigenvalue weighted by Crippen LogP contribution is -2.20. The van der Waals surface area contributed by atoms with Gasteiger partial charge in [-0.3, -0.25) is 9.29 Å². The van der Waals surface area contributed by atoms with Gasteiger partial charge in [0.2, 0.25) is 10.0 Å². The summed E-state index contributed by atoms with van der Waals surface area (Å²) in [5.74, 6) is -0.529. The Morgan fingerprint density at radius 2 is 1.89 bits per heavy atom. The minimum absolute atomic E-state index is 0.296. The molecule has 0 radical (unpaired) electrons. The molecule has 0 amide bonds. The Hall–Kier alpha value is -3.24. The molecular weight excluding hydrogens is 486 g/mol. The highest BCUT2D eigenvalue weighted by atomic mass is 32.2. The van der Waals surface area contributed by atoms with Crippen LogP contribution >= 0.6 is 0 Å². The van der Waals surface area contributed by atoms with Crippen LogP contribution in [0.3, 0.4) is 0 Å². The first kappa shape index (κ1) is 23.2. The molecule has 1 saturated heterocycles. The SMILES string of the molecule is O=S(=O)(Nc1cc(C2=CC=C(F)CC2F)cc(-n2cnc3cc(N4CCC(O)C4)ccc32)c1)C1CC1. The van der Waals surface area contributed by atoms with E-state index in [2.05, 4.69) is 14.6 Å². The molecule has 2 N–H and O–H groups in total. The number of aromatic nitrogens is 2. The maximum atomic E-state index is 14.8. The fraction of sp³-hybridized carbons (Fsp3) is 0.346. The van der Waals surface area contributed by atoms with Crippen molar-refractivity contribution in [2.24, 2.45) is 0 Å². The molecule has 36 heavy (non-hydrogen) atoms. The number of nitrogens with one attached hydrogen (secondary N) is 1. The molecular formula is C26H26F2N4O3S. The van der Waals surface area contributed by atoms with Crippen LogP contribution in [0, 0.1) is 0 Å². The minimum Gasteiger partial charge on any atom is -0.391 e. The fourth-order valence-corrected chi connectivity index (χ4v) is 6.26. The molecule has 7 nitrogen and oxygen atoms in total. The largest absolute Gasteiger partial charge is 0.391 e. The van der Waals surface area contributed by atoms with Gasteiger partial charge in [0, 0.05) is 30.9 Å². The van der Waals surface area contributed by atoms with E-state index < -0.39 is 27.3 Å². The molecule has 2 aliphatic carbocycles. The summed E-state index contributed by atoms with van der Waals surface area (Å²) in [6.45, 7) is 1.35. The van der Waals surface area contributed by atoms with Gasteiger partial charge < -0.3 is 10.0 Å². The second-order valence-electron chi connectivity index (χ2n) is 9.70. The Bertz CT molecular complexity index is 1510. The zero-order valence-corrected chi connectivity index (χ0v) is 20.3. The Morgan fingerprint density at radius 3 is 2.61 bits per heavy atom. The zero-order valence-electron chi connectivity index (χ0n) is 19.4. The first-order valence-corrected chi connectivity index (χ1v) is 13.6. The predicted octanol–water partition coefficient (Wildman–Crippen LogP) is 4.48. The number of hydrogen-bond donors (Lipinski definition) is 2. The van der Waals surface area contributed by atoms with Crippen molar-refractivity contribution in [3.63, 3.8) is 0 Å². The van der Waals surface area contributed by atoms with Crippen LogP contribution in [0.1, 0.15) is 31.2 Å². The molecule has 3 aromatic rings. The standard InChI is InChI=1S/C26H26F2N4O3S/c27-17-1-5-23(24(28)11-17)16-9-18(30-36(34,35)22-3-4-22)12-20(10-16)32-15-29-25-13-19(2-6-26(25)32)31-8-7-21(33)14-31/h1-2,5-6,9-10,12-13,15,21-22,24,30,33H,3-4,7-8,11,14H2. The minimum atomic E-state index is -3.54. The predicted molar refractivity (Wildman–Crippen MR) is 136 cm³/mol. The van der Waals surface area contributed by atoms with E-state index in [9.17, 15) is 22.3 Å². The average molecular weight is 513 g/mol. The number of aliphatic hydroxyl groups excluding tert-OH is 1. The van der Waals surface area contributed by atoms with Crippen LogP contribution < -0.4 is 9.62 Å². The summed E-state index contributed by atoms with van der Waals surface area (Å²) in [6.07, 6.45) is 4.04. The molecule has 10 heteroatoms. The number of imidazole rings is 1. The highest BCUT2D eigenvalue weighted by Crippen LogP contribution is 2.36. The van der Waals surface area contributed by atoms with Gasteiger partial charge in [0.1, 0.15) is 18.3 Å². The average Bonchev–Trinajstić information content (AvgIpc) is 3.49. The van der Waals surface area contributed by atoms with Gasteiger partial charge >= 0.3 is 0 Å². The number of anilines is 2. The van der Waals surface area contributed by atoms with E-state index in [1.54, 1.807) is 24.5 Å². The smallest absolute Gasteiger partial charge is 0.235 e. The van der Waals surface area contributed by atoms with Crippen LogP contribution in [0.5, 0.6) is 0 Å². The summed E-state index contributed by atoms with van der Waals surface area (Å²) in [7, 11) is -3.54. The number of aliphatic hydroxyl groups is 1. The summed E-state index contributed by atoms with van der Waals surface area (Å²) in [5.41, 5.74) is 4.21. The Kier molecular flexibility index (Phi) is 5.60. The molecule has 0 bridgehead atoms. The van der Waals surface area contributed by atoms with Gasteiger partial charge in [0.05, 0.1) is 28.1 Å². The second kappa shape index (κ2) is 8.70. The molecule has 2 fully saturated rings. The van der Waals surface area contributed by atoms with Crippen LogP contribution in [-0.4, -0.2) is 53.7 Å². The van der Waals surface area contributed by atoms with E-state index in [1.807, 2.05) is 22.8 Å². The van der Waals surface area contributed by atoms with E-state index in [1.165, 1.54) is 12.2 Å². The third kappa shape index (κ3) is 4.39. The van der Waals surface area contributed by atoms with Crippen molar-refractivity contribution in [3.8, 4) is 5.69 Å². The molecule has 0 spiro atoms. The Labute approximate surface area is 207 Å². The quantitative estimate of drug-likeness (QED) is 0.509. The van der Waals surface area contributed by atoms with Gasteiger partial charge in [-0.15, -0.1) is 0 Å². The number of fused-ring (bicyclic) bond motifs is 1. The number of sulfonamides is 1. The van der Waals surface area contributed by atoms with Crippen molar-refractivity contribution < 1.29 is 22.3 Å². The Balaban J connectivity index is 1.42. The molecule has 6 rings (SSSR count). The van der Waals surface area contributed by atoms with Crippen LogP contribution in [-0.2, 0) is 10.0 Å². The summed E-state index contributed by atoms with van der Waals surface area (Å²) in [5, 5.41) is 9.46. The lowest BCUT2D eigenvalue weighted by molar-refractivity contribution is 0.198. The van der Waals surface area contributed by atoms with Crippen molar-refractivity contribution in [2.75, 3.05) is 22.7 Å². The molecule has 2 unspecified atom stereocenters. The lowest BCUT2D eigenvalue weighted by Gasteiger charge is -2.19. The molecule has 3 aliphatic rings. The van der Waals surface area contributed by atoms with E-state index >= 15 is 0 Å². The summed E-state index contributed by atoms with van der Waals surface area (Å²) < 4.78 is 58.2. The number of rotatable bonds is 6. The van der Waals surface area contributed by atoms with Crippen LogP contribution in [0.25, 0.3) is 22.3 Å². The van der Waals surface area contributed by atoms with Crippen molar-refractivity contribution in [1.82, 2.24) is 9.55 Å². The maximum Gasteiger partial charge on any atom is 0.235 e. The number of alkyl halides is 1. The highest BCUT2D eigenvalue weighted by molar-refractivity contribution is 7.93. The number of nitrogens with zero attached hydrogens (tertiary/aromatic N) is 3. The fourth-order valence-electron chi connectivity index (χ4n) is 4.89. The molecule has 2 atom stereocenters. The van der Waals surface area contributed by atoms with Gasteiger partial charge in [0.15, 0.2) is 0 Å². The van der Waals surface area contributed by atoms with Gasteiger partial charge in [-0.1, -0.05) is 6.08 Å². The first-order valence-electron chi connectivity index (χ1n) is 12.0. The molecule has 1 saturated carbocycles. The van der Waals surface area contributed by atoms with E-state index in [0.717, 1.165) is 29.7 Å². The van der Waals surface area contributed by atoms with Crippen molar-refractivity contribution in [1.29, 1.82) is 0 Å². The summed E-state index contributed by atoms with van der Waals surface area (Å²) >= 11 is 0. The van der Waals surface area contributed by atoms with Crippen LogP contribution in [0.4, 0.5) is 20.2 Å². The molecule has 188 valence electrons. The van der Waals surface area contributed by atoms with Gasteiger partial charge in [-0.2, -0.15) is 0 Å². The van der Waals surface area contributed by atoms with Crippen molar-refractivity contribution in [2.45, 2.75) is 43.2 Å². The number of β-amino-alcohol motifs (C(OH)–C–C–N with tert-alkyl or cyclic N) is 1. The Morgan fingerprint density at radius 1 is 1.06 bits per heavy atom. The number of benzene rings is 2. The van der Waals surface area contributed by atoms with Gasteiger partial charge in [-0.25, -0.2) is 22.2 Å². The maximum absolute atomic E-state index is 14.8. The van der Waals surface area contributed by atoms with Crippen LogP contribution in [0.15, 0.2) is 60.7 Å². The monoisotopic (exact) mass is 512 g/mol. The van der Waals surface area contributed by atoms with Crippen molar-refractivity contribution >= 4 is 38.0 Å². The third-order valence-corrected chi connectivity index (χ3v) is 8.84. The summed E-state index contributed by atoms with van der Waals surface area (Å²) in [4.78, 5) is 6.65. The molecule has 2 aromatic carbocycles. The van der Waals surface area contributed by atoms with Crippen LogP contribution in [0.2, 0.25) is 0 Å². The first-order chi connectivity index (χ1) is 17.3. The molecule has 1 aromatic heterocycles. The van der Waals surface area contributed by atoms with Gasteiger partial charge in [0.25, 0.3) is 0 Å². The number of hydrogen-bond acceptors (Lipinski definition) is 5. The normalized spacial score (nSPS) is 22.6. The topological polar surface area (TPSA) is 87.5 Å². The van der Waals surface area contributed by atoms with E-state index in [0.29, 0.717) is 41.9 Å². The summed E-state index contributed by atoms with van der Waals surface area (Å²) in [6, 6.07) is 10.9.